The molecule has 0 saturated heterocycles. The van der Waals surface area contributed by atoms with Gasteiger partial charge in [0.2, 0.25) is 5.91 Å². The molecule has 0 aliphatic carbocycles. The van der Waals surface area contributed by atoms with E-state index in [9.17, 15) is 4.79 Å². The van der Waals surface area contributed by atoms with Crippen molar-refractivity contribution in [1.82, 2.24) is 0 Å². The normalized spacial score (nSPS) is 10.4. The smallest absolute Gasteiger partial charge is 0.243 e. The van der Waals surface area contributed by atoms with Gasteiger partial charge in [-0.05, 0) is 70.0 Å². The molecule has 0 fully saturated rings. The molecule has 2 aromatic carbocycles. The third kappa shape index (κ3) is 4.99. The molecule has 25 heavy (non-hydrogen) atoms. The van der Waals surface area contributed by atoms with Gasteiger partial charge >= 0.3 is 0 Å². The third-order valence-corrected chi connectivity index (χ3v) is 4.38. The van der Waals surface area contributed by atoms with Gasteiger partial charge in [0.1, 0.15) is 0 Å². The number of nitrogens with zero attached hydrogens (tertiary/aromatic N) is 1. The zero-order valence-corrected chi connectivity index (χ0v) is 15.9. The maximum absolute atomic E-state index is 12.2. The van der Waals surface area contributed by atoms with Crippen molar-refractivity contribution in [2.24, 2.45) is 0 Å². The number of amides is 1. The van der Waals surface area contributed by atoms with Gasteiger partial charge in [-0.25, -0.2) is 0 Å². The molecule has 0 atom stereocenters. The Kier molecular flexibility index (Phi) is 6.45. The predicted octanol–water partition coefficient (Wildman–Crippen LogP) is 4.51. The van der Waals surface area contributed by atoms with Crippen LogP contribution in [0.1, 0.15) is 30.5 Å². The molecule has 2 rings (SSSR count). The van der Waals surface area contributed by atoms with Crippen molar-refractivity contribution in [3.05, 3.63) is 53.1 Å². The maximum Gasteiger partial charge on any atom is 0.243 e. The Bertz CT molecular complexity index is 695. The zero-order chi connectivity index (χ0) is 18.4. The highest BCUT2D eigenvalue weighted by Crippen LogP contribution is 2.22. The van der Waals surface area contributed by atoms with Crippen LogP contribution in [0.15, 0.2) is 36.4 Å². The molecule has 4 heteroatoms. The van der Waals surface area contributed by atoms with Crippen LogP contribution in [-0.2, 0) is 4.79 Å². The minimum atomic E-state index is -0.0463. The van der Waals surface area contributed by atoms with E-state index in [-0.39, 0.29) is 12.5 Å². The summed E-state index contributed by atoms with van der Waals surface area (Å²) in [6, 6.07) is 12.2. The first kappa shape index (κ1) is 18.8. The van der Waals surface area contributed by atoms with Gasteiger partial charge in [0.15, 0.2) is 0 Å². The van der Waals surface area contributed by atoms with E-state index in [0.717, 1.165) is 35.6 Å². The standard InChI is InChI=1S/C21H29N3O/c1-6-24(7-2)19-10-8-18(9-11-19)23-20(25)14-22-21-16(4)12-15(3)13-17(21)5/h8-13,22H,6-7,14H2,1-5H3,(H,23,25). The summed E-state index contributed by atoms with van der Waals surface area (Å²) in [6.07, 6.45) is 0. The van der Waals surface area contributed by atoms with Crippen LogP contribution in [0, 0.1) is 20.8 Å². The highest BCUT2D eigenvalue weighted by molar-refractivity contribution is 5.94. The molecule has 0 aliphatic rings. The fourth-order valence-electron chi connectivity index (χ4n) is 3.18. The highest BCUT2D eigenvalue weighted by Gasteiger charge is 2.07. The van der Waals surface area contributed by atoms with E-state index in [4.69, 9.17) is 0 Å². The second kappa shape index (κ2) is 8.56. The van der Waals surface area contributed by atoms with Crippen LogP contribution >= 0.6 is 0 Å². The molecule has 4 nitrogen and oxygen atoms in total. The Morgan fingerprint density at radius 2 is 1.52 bits per heavy atom. The topological polar surface area (TPSA) is 44.4 Å². The number of carbonyl (C=O) groups excluding carboxylic acids is 1. The van der Waals surface area contributed by atoms with Crippen molar-refractivity contribution in [1.29, 1.82) is 0 Å². The zero-order valence-electron chi connectivity index (χ0n) is 15.9. The van der Waals surface area contributed by atoms with Crippen molar-refractivity contribution in [3.63, 3.8) is 0 Å². The maximum atomic E-state index is 12.2. The molecule has 0 unspecified atom stereocenters. The van der Waals surface area contributed by atoms with Gasteiger partial charge in [-0.1, -0.05) is 17.7 Å². The van der Waals surface area contributed by atoms with Crippen LogP contribution in [-0.4, -0.2) is 25.5 Å². The second-order valence-electron chi connectivity index (χ2n) is 6.39. The first-order chi connectivity index (χ1) is 11.9. The summed E-state index contributed by atoms with van der Waals surface area (Å²) in [5.41, 5.74) is 6.59. The van der Waals surface area contributed by atoms with E-state index < -0.39 is 0 Å². The SMILES string of the molecule is CCN(CC)c1ccc(NC(=O)CNc2c(C)cc(C)cc2C)cc1. The molecule has 0 aliphatic heterocycles. The van der Waals surface area contributed by atoms with Crippen molar-refractivity contribution in [3.8, 4) is 0 Å². The van der Waals surface area contributed by atoms with Crippen molar-refractivity contribution in [2.45, 2.75) is 34.6 Å². The lowest BCUT2D eigenvalue weighted by atomic mass is 10.1. The molecule has 2 N–H and O–H groups in total. The molecular formula is C21H29N3O. The van der Waals surface area contributed by atoms with Crippen LogP contribution in [0.25, 0.3) is 0 Å². The van der Waals surface area contributed by atoms with E-state index >= 15 is 0 Å². The number of carbonyl (C=O) groups is 1. The molecule has 0 saturated carbocycles. The quantitative estimate of drug-likeness (QED) is 0.780. The van der Waals surface area contributed by atoms with Crippen molar-refractivity contribution in [2.75, 3.05) is 35.2 Å². The third-order valence-electron chi connectivity index (χ3n) is 4.38. The lowest BCUT2D eigenvalue weighted by Gasteiger charge is -2.21. The fraction of sp³-hybridized carbons (Fsp3) is 0.381. The lowest BCUT2D eigenvalue weighted by Crippen LogP contribution is -2.23. The first-order valence-corrected chi connectivity index (χ1v) is 8.91. The number of hydrogen-bond acceptors (Lipinski definition) is 3. The van der Waals surface area contributed by atoms with Gasteiger partial charge in [-0.3, -0.25) is 4.79 Å². The summed E-state index contributed by atoms with van der Waals surface area (Å²) < 4.78 is 0. The Balaban J connectivity index is 1.95. The summed E-state index contributed by atoms with van der Waals surface area (Å²) in [7, 11) is 0. The number of nitrogens with one attached hydrogen (secondary N) is 2. The summed E-state index contributed by atoms with van der Waals surface area (Å²) in [5.74, 6) is -0.0463. The number of benzene rings is 2. The number of anilines is 3. The fourth-order valence-corrected chi connectivity index (χ4v) is 3.18. The van der Waals surface area contributed by atoms with Crippen molar-refractivity contribution < 1.29 is 4.79 Å². The minimum absolute atomic E-state index is 0.0463. The van der Waals surface area contributed by atoms with E-state index in [1.54, 1.807) is 0 Å². The average molecular weight is 339 g/mol. The number of rotatable bonds is 7. The van der Waals surface area contributed by atoms with E-state index in [1.165, 1.54) is 11.3 Å². The van der Waals surface area contributed by atoms with Gasteiger partial charge in [0, 0.05) is 30.2 Å². The molecule has 1 amide bonds. The molecule has 0 bridgehead atoms. The van der Waals surface area contributed by atoms with Crippen LogP contribution in [0.2, 0.25) is 0 Å². The van der Waals surface area contributed by atoms with Gasteiger partial charge in [0.05, 0.1) is 6.54 Å². The van der Waals surface area contributed by atoms with Gasteiger partial charge in [-0.15, -0.1) is 0 Å². The average Bonchev–Trinajstić information content (AvgIpc) is 2.56. The summed E-state index contributed by atoms with van der Waals surface area (Å²) >= 11 is 0. The first-order valence-electron chi connectivity index (χ1n) is 8.91. The highest BCUT2D eigenvalue weighted by atomic mass is 16.1. The molecule has 0 heterocycles. The minimum Gasteiger partial charge on any atom is -0.376 e. The monoisotopic (exact) mass is 339 g/mol. The lowest BCUT2D eigenvalue weighted by molar-refractivity contribution is -0.114. The van der Waals surface area contributed by atoms with E-state index in [0.29, 0.717) is 0 Å². The van der Waals surface area contributed by atoms with Gasteiger partial charge in [0.25, 0.3) is 0 Å². The molecule has 0 spiro atoms. The van der Waals surface area contributed by atoms with Gasteiger partial charge < -0.3 is 15.5 Å². The largest absolute Gasteiger partial charge is 0.376 e. The summed E-state index contributed by atoms with van der Waals surface area (Å²) in [6.45, 7) is 12.7. The van der Waals surface area contributed by atoms with Crippen LogP contribution in [0.4, 0.5) is 17.1 Å². The number of aryl methyl sites for hydroxylation is 3. The summed E-state index contributed by atoms with van der Waals surface area (Å²) in [5, 5.41) is 6.20. The molecule has 0 aromatic heterocycles. The summed E-state index contributed by atoms with van der Waals surface area (Å²) in [4.78, 5) is 14.5. The molecule has 134 valence electrons. The second-order valence-corrected chi connectivity index (χ2v) is 6.39. The molecule has 0 radical (unpaired) electrons. The van der Waals surface area contributed by atoms with E-state index in [1.807, 2.05) is 24.3 Å². The van der Waals surface area contributed by atoms with Crippen molar-refractivity contribution >= 4 is 23.0 Å². The Morgan fingerprint density at radius 1 is 0.960 bits per heavy atom. The Morgan fingerprint density at radius 3 is 2.04 bits per heavy atom. The molecule has 2 aromatic rings. The van der Waals surface area contributed by atoms with Gasteiger partial charge in [-0.2, -0.15) is 0 Å². The molecular weight excluding hydrogens is 310 g/mol. The van der Waals surface area contributed by atoms with E-state index in [2.05, 4.69) is 62.3 Å². The van der Waals surface area contributed by atoms with Crippen LogP contribution in [0.5, 0.6) is 0 Å². The van der Waals surface area contributed by atoms with Crippen LogP contribution in [0.3, 0.4) is 0 Å². The van der Waals surface area contributed by atoms with Crippen LogP contribution < -0.4 is 15.5 Å². The predicted molar refractivity (Wildman–Crippen MR) is 108 cm³/mol. The number of hydrogen-bond donors (Lipinski definition) is 2. The Hall–Kier alpha value is -2.49. The Labute approximate surface area is 151 Å².